The molecular weight excluding hydrogens is 663 g/mol. The molecule has 1 amide bonds. The highest BCUT2D eigenvalue weighted by molar-refractivity contribution is 7.92. The molecule has 1 aliphatic carbocycles. The van der Waals surface area contributed by atoms with E-state index in [-0.39, 0.29) is 61.2 Å². The summed E-state index contributed by atoms with van der Waals surface area (Å²) >= 11 is 1.38. The number of aliphatic carboxylic acids is 1. The number of alkyl halides is 7. The maximum atomic E-state index is 14.8. The summed E-state index contributed by atoms with van der Waals surface area (Å²) in [5.74, 6) is -2.57. The van der Waals surface area contributed by atoms with Gasteiger partial charge in [-0.2, -0.15) is 37.7 Å². The van der Waals surface area contributed by atoms with E-state index in [1.54, 1.807) is 22.9 Å². The van der Waals surface area contributed by atoms with Gasteiger partial charge in [0.25, 0.3) is 0 Å². The Morgan fingerprint density at radius 3 is 2.00 bits per heavy atom. The SMILES string of the molecule is O=C(O)[C@H]1CC[C@H](C(=O)N2CCC(c3ccc(C(F)(C(F)(F)F)C(F)(F)F)cc3)(S(=O)(=O)c3cccc(-c4ccsc4)c3)C2)CC1. The standard InChI is InChI=1S/C31H28F7NO5S2/c32-29(30(33,34)35,31(36,37)38)24-10-8-23(9-11-24)28(46(43,44)25-3-1-2-21(16-25)22-12-15-45-17-22)13-14-39(18-28)26(40)19-4-6-20(7-5-19)27(41)42/h1-3,8-12,15-17,19-20H,4-7,13-14,18H2,(H,41,42)/t19-,20-,28?. The zero-order valence-corrected chi connectivity index (χ0v) is 25.6. The van der Waals surface area contributed by atoms with Crippen LogP contribution in [0.25, 0.3) is 11.1 Å². The summed E-state index contributed by atoms with van der Waals surface area (Å²) in [7, 11) is -4.50. The third-order valence-corrected chi connectivity index (χ3v) is 12.2. The number of likely N-dealkylation sites (tertiary alicyclic amines) is 1. The second-order valence-electron chi connectivity index (χ2n) is 11.7. The van der Waals surface area contributed by atoms with E-state index in [0.717, 1.165) is 17.7 Å². The number of hydrogen-bond donors (Lipinski definition) is 1. The minimum atomic E-state index is -6.35. The molecule has 2 heterocycles. The lowest BCUT2D eigenvalue weighted by atomic mass is 9.81. The molecule has 1 aromatic heterocycles. The van der Waals surface area contributed by atoms with E-state index < -0.39 is 68.4 Å². The van der Waals surface area contributed by atoms with Crippen LogP contribution in [0.3, 0.4) is 0 Å². The summed E-state index contributed by atoms with van der Waals surface area (Å²) in [6, 6.07) is 9.73. The van der Waals surface area contributed by atoms with E-state index in [9.17, 15) is 53.8 Å². The van der Waals surface area contributed by atoms with Gasteiger partial charge in [-0.1, -0.05) is 36.4 Å². The van der Waals surface area contributed by atoms with Crippen LogP contribution in [0.2, 0.25) is 0 Å². The Labute approximate surface area is 263 Å². The van der Waals surface area contributed by atoms with Crippen LogP contribution in [-0.4, -0.2) is 55.7 Å². The molecule has 0 bridgehead atoms. The summed E-state index contributed by atoms with van der Waals surface area (Å²) in [5.41, 5.74) is -6.39. The number of carbonyl (C=O) groups excluding carboxylic acids is 1. The highest BCUT2D eigenvalue weighted by Crippen LogP contribution is 2.54. The first kappa shape index (κ1) is 33.9. The molecule has 6 nitrogen and oxygen atoms in total. The highest BCUT2D eigenvalue weighted by atomic mass is 32.2. The zero-order chi connectivity index (χ0) is 33.7. The smallest absolute Gasteiger partial charge is 0.435 e. The number of hydrogen-bond acceptors (Lipinski definition) is 5. The molecule has 1 aliphatic heterocycles. The quantitative estimate of drug-likeness (QED) is 0.259. The predicted molar refractivity (Wildman–Crippen MR) is 154 cm³/mol. The number of nitrogens with zero attached hydrogens (tertiary/aromatic N) is 1. The second-order valence-corrected chi connectivity index (χ2v) is 14.7. The van der Waals surface area contributed by atoms with Gasteiger partial charge in [-0.15, -0.1) is 0 Å². The Kier molecular flexibility index (Phi) is 8.81. The zero-order valence-electron chi connectivity index (χ0n) is 23.9. The van der Waals surface area contributed by atoms with Crippen molar-refractivity contribution >= 4 is 33.1 Å². The Morgan fingerprint density at radius 2 is 1.46 bits per heavy atom. The Bertz CT molecular complexity index is 1680. The van der Waals surface area contributed by atoms with Crippen molar-refractivity contribution < 1.29 is 53.8 Å². The maximum absolute atomic E-state index is 14.8. The molecule has 15 heteroatoms. The van der Waals surface area contributed by atoms with E-state index in [4.69, 9.17) is 0 Å². The van der Waals surface area contributed by atoms with Crippen LogP contribution < -0.4 is 0 Å². The molecule has 1 atom stereocenters. The van der Waals surface area contributed by atoms with Gasteiger partial charge in [-0.05, 0) is 77.8 Å². The fourth-order valence-electron chi connectivity index (χ4n) is 6.41. The summed E-state index contributed by atoms with van der Waals surface area (Å²) in [6.07, 6.45) is -11.9. The monoisotopic (exact) mass is 691 g/mol. The maximum Gasteiger partial charge on any atom is 0.435 e. The Balaban J connectivity index is 1.56. The first-order valence-corrected chi connectivity index (χ1v) is 16.7. The topological polar surface area (TPSA) is 91.8 Å². The fraction of sp³-hybridized carbons (Fsp3) is 0.419. The minimum Gasteiger partial charge on any atom is -0.481 e. The van der Waals surface area contributed by atoms with E-state index in [1.165, 1.54) is 34.4 Å². The number of carboxylic acids is 1. The molecule has 1 unspecified atom stereocenters. The van der Waals surface area contributed by atoms with Crippen LogP contribution in [0.1, 0.15) is 43.2 Å². The van der Waals surface area contributed by atoms with E-state index >= 15 is 0 Å². The molecule has 0 radical (unpaired) electrons. The Hall–Kier alpha value is -3.46. The van der Waals surface area contributed by atoms with Crippen LogP contribution in [0.15, 0.2) is 70.3 Å². The minimum absolute atomic E-state index is 0.0962. The molecule has 46 heavy (non-hydrogen) atoms. The number of carbonyl (C=O) groups is 2. The molecule has 1 N–H and O–H groups in total. The number of carboxylic acid groups (broad SMARTS) is 1. The van der Waals surface area contributed by atoms with E-state index in [2.05, 4.69) is 0 Å². The van der Waals surface area contributed by atoms with Gasteiger partial charge in [0, 0.05) is 24.6 Å². The van der Waals surface area contributed by atoms with Crippen molar-refractivity contribution in [3.05, 3.63) is 76.5 Å². The molecule has 3 aromatic rings. The van der Waals surface area contributed by atoms with Gasteiger partial charge in [0.05, 0.1) is 10.8 Å². The van der Waals surface area contributed by atoms with Crippen molar-refractivity contribution in [2.75, 3.05) is 13.1 Å². The van der Waals surface area contributed by atoms with Crippen molar-refractivity contribution in [3.63, 3.8) is 0 Å². The average Bonchev–Trinajstić information content (AvgIpc) is 3.72. The highest BCUT2D eigenvalue weighted by Gasteiger charge is 2.73. The number of halogens is 7. The lowest BCUT2D eigenvalue weighted by Gasteiger charge is -2.33. The number of rotatable bonds is 7. The third kappa shape index (κ3) is 5.69. The van der Waals surface area contributed by atoms with Gasteiger partial charge in [0.15, 0.2) is 9.84 Å². The molecule has 2 aromatic carbocycles. The summed E-state index contributed by atoms with van der Waals surface area (Å²) < 4.78 is 123. The molecular formula is C31H28F7NO5S2. The van der Waals surface area contributed by atoms with Gasteiger partial charge in [-0.25, -0.2) is 12.8 Å². The predicted octanol–water partition coefficient (Wildman–Crippen LogP) is 7.50. The average molecular weight is 692 g/mol. The van der Waals surface area contributed by atoms with Gasteiger partial charge < -0.3 is 10.0 Å². The second kappa shape index (κ2) is 12.0. The molecule has 5 rings (SSSR count). The van der Waals surface area contributed by atoms with Crippen molar-refractivity contribution in [2.45, 2.75) is 59.8 Å². The molecule has 1 saturated heterocycles. The van der Waals surface area contributed by atoms with E-state index in [0.29, 0.717) is 5.56 Å². The molecule has 2 aliphatic rings. The van der Waals surface area contributed by atoms with Gasteiger partial charge in [0.1, 0.15) is 4.75 Å². The van der Waals surface area contributed by atoms with Crippen molar-refractivity contribution in [1.29, 1.82) is 0 Å². The molecule has 0 spiro atoms. The number of amides is 1. The van der Waals surface area contributed by atoms with Crippen LogP contribution in [0.4, 0.5) is 30.7 Å². The van der Waals surface area contributed by atoms with E-state index in [1.807, 2.05) is 0 Å². The number of thiophene rings is 1. The van der Waals surface area contributed by atoms with Crippen molar-refractivity contribution in [1.82, 2.24) is 4.90 Å². The first-order valence-electron chi connectivity index (χ1n) is 14.2. The summed E-state index contributed by atoms with van der Waals surface area (Å²) in [4.78, 5) is 26.0. The van der Waals surface area contributed by atoms with Gasteiger partial charge in [0.2, 0.25) is 5.91 Å². The molecule has 248 valence electrons. The molecule has 2 fully saturated rings. The van der Waals surface area contributed by atoms with Crippen LogP contribution in [0.5, 0.6) is 0 Å². The molecule has 1 saturated carbocycles. The van der Waals surface area contributed by atoms with Gasteiger partial charge >= 0.3 is 24.0 Å². The van der Waals surface area contributed by atoms with Crippen molar-refractivity contribution in [2.24, 2.45) is 11.8 Å². The lowest BCUT2D eigenvalue weighted by molar-refractivity contribution is -0.348. The third-order valence-electron chi connectivity index (χ3n) is 9.07. The first-order chi connectivity index (χ1) is 21.4. The number of sulfone groups is 1. The van der Waals surface area contributed by atoms with Crippen molar-refractivity contribution in [3.8, 4) is 11.1 Å². The largest absolute Gasteiger partial charge is 0.481 e. The summed E-state index contributed by atoms with van der Waals surface area (Å²) in [5, 5.41) is 12.9. The normalized spacial score (nSPS) is 23.0. The fourth-order valence-corrected chi connectivity index (χ4v) is 9.20. The lowest BCUT2D eigenvalue weighted by Crippen LogP contribution is -2.50. The van der Waals surface area contributed by atoms with Crippen LogP contribution >= 0.6 is 11.3 Å². The van der Waals surface area contributed by atoms with Gasteiger partial charge in [-0.3, -0.25) is 9.59 Å². The number of benzene rings is 2. The summed E-state index contributed by atoms with van der Waals surface area (Å²) in [6.45, 7) is -0.560. The Morgan fingerprint density at radius 1 is 0.848 bits per heavy atom. The van der Waals surface area contributed by atoms with Crippen LogP contribution in [-0.2, 0) is 29.8 Å². The van der Waals surface area contributed by atoms with Crippen LogP contribution in [0, 0.1) is 11.8 Å².